The fourth-order valence-electron chi connectivity index (χ4n) is 3.45. The van der Waals surface area contributed by atoms with E-state index in [1.807, 2.05) is 19.1 Å². The highest BCUT2D eigenvalue weighted by atomic mass is 16.5. The van der Waals surface area contributed by atoms with Gasteiger partial charge in [0.1, 0.15) is 5.69 Å². The summed E-state index contributed by atoms with van der Waals surface area (Å²) in [6.45, 7) is 11.1. The van der Waals surface area contributed by atoms with Crippen LogP contribution in [0, 0.1) is 19.8 Å². The number of ether oxygens (including phenoxy) is 2. The third kappa shape index (κ3) is 6.44. The Bertz CT molecular complexity index is 928. The van der Waals surface area contributed by atoms with Crippen molar-refractivity contribution in [3.05, 3.63) is 57.9 Å². The Hall–Kier alpha value is -3.09. The molecule has 1 aromatic heterocycles. The molecular weight excluding hydrogens is 396 g/mol. The Balaban J connectivity index is 1.94. The molecule has 1 atom stereocenters. The fraction of sp³-hybridized carbons (Fsp3) is 0.458. The molecule has 0 aliphatic carbocycles. The molecule has 0 aliphatic heterocycles. The van der Waals surface area contributed by atoms with Crippen molar-refractivity contribution in [3.63, 3.8) is 0 Å². The quantitative estimate of drug-likeness (QED) is 0.588. The van der Waals surface area contributed by atoms with Gasteiger partial charge in [-0.25, -0.2) is 9.59 Å². The van der Waals surface area contributed by atoms with Crippen LogP contribution in [0.1, 0.15) is 77.0 Å². The maximum Gasteiger partial charge on any atom is 0.355 e. The SMILES string of the molecule is CCOC(=O)c1[nH]c(C)c(C(=O)OCC(=O)N[C@H](C)c2ccc(CC(C)C)cc2)c1C. The van der Waals surface area contributed by atoms with E-state index < -0.39 is 24.5 Å². The third-order valence-electron chi connectivity index (χ3n) is 4.96. The number of nitrogens with one attached hydrogen (secondary N) is 2. The predicted octanol–water partition coefficient (Wildman–Crippen LogP) is 4.04. The number of aromatic nitrogens is 1. The average Bonchev–Trinajstić information content (AvgIpc) is 3.00. The van der Waals surface area contributed by atoms with Crippen molar-refractivity contribution in [3.8, 4) is 0 Å². The standard InChI is InChI=1S/C24H32N2O5/c1-7-30-24(29)22-15(4)21(17(6)26-22)23(28)31-13-20(27)25-16(5)19-10-8-18(9-11-19)12-14(2)3/h8-11,14,16,26H,7,12-13H2,1-6H3,(H,25,27)/t16-/m1/s1. The molecule has 2 N–H and O–H groups in total. The monoisotopic (exact) mass is 428 g/mol. The van der Waals surface area contributed by atoms with Gasteiger partial charge in [0, 0.05) is 5.69 Å². The molecule has 0 radical (unpaired) electrons. The smallest absolute Gasteiger partial charge is 0.355 e. The maximum absolute atomic E-state index is 12.5. The molecule has 0 aliphatic rings. The summed E-state index contributed by atoms with van der Waals surface area (Å²) in [5.74, 6) is -1.02. The number of rotatable bonds is 9. The summed E-state index contributed by atoms with van der Waals surface area (Å²) in [7, 11) is 0. The number of hydrogen-bond acceptors (Lipinski definition) is 5. The van der Waals surface area contributed by atoms with Gasteiger partial charge < -0.3 is 19.8 Å². The largest absolute Gasteiger partial charge is 0.461 e. The van der Waals surface area contributed by atoms with Crippen LogP contribution in [0.25, 0.3) is 0 Å². The normalized spacial score (nSPS) is 11.8. The molecule has 0 bridgehead atoms. The van der Waals surface area contributed by atoms with Gasteiger partial charge in [-0.15, -0.1) is 0 Å². The van der Waals surface area contributed by atoms with Crippen molar-refractivity contribution in [1.29, 1.82) is 0 Å². The molecule has 7 heteroatoms. The number of benzene rings is 1. The van der Waals surface area contributed by atoms with Crippen molar-refractivity contribution >= 4 is 17.8 Å². The van der Waals surface area contributed by atoms with Crippen LogP contribution in [0.4, 0.5) is 0 Å². The van der Waals surface area contributed by atoms with Gasteiger partial charge in [-0.05, 0) is 56.7 Å². The Morgan fingerprint density at radius 3 is 2.23 bits per heavy atom. The molecule has 31 heavy (non-hydrogen) atoms. The molecule has 168 valence electrons. The molecule has 2 rings (SSSR count). The summed E-state index contributed by atoms with van der Waals surface area (Å²) >= 11 is 0. The maximum atomic E-state index is 12.5. The van der Waals surface area contributed by atoms with E-state index >= 15 is 0 Å². The Kier molecular flexibility index (Phi) is 8.42. The molecule has 1 aromatic carbocycles. The second kappa shape index (κ2) is 10.8. The number of amides is 1. The van der Waals surface area contributed by atoms with Gasteiger partial charge in [0.25, 0.3) is 5.91 Å². The zero-order valence-electron chi connectivity index (χ0n) is 19.1. The lowest BCUT2D eigenvalue weighted by Crippen LogP contribution is -2.31. The molecule has 1 amide bonds. The van der Waals surface area contributed by atoms with E-state index in [0.29, 0.717) is 17.2 Å². The zero-order valence-corrected chi connectivity index (χ0v) is 19.1. The average molecular weight is 429 g/mol. The fourth-order valence-corrected chi connectivity index (χ4v) is 3.45. The van der Waals surface area contributed by atoms with E-state index in [1.54, 1.807) is 20.8 Å². The highest BCUT2D eigenvalue weighted by Crippen LogP contribution is 2.20. The van der Waals surface area contributed by atoms with Gasteiger partial charge in [-0.2, -0.15) is 0 Å². The van der Waals surface area contributed by atoms with Crippen LogP contribution in [0.3, 0.4) is 0 Å². The second-order valence-corrected chi connectivity index (χ2v) is 8.05. The number of esters is 2. The molecule has 0 saturated carbocycles. The number of H-pyrrole nitrogens is 1. The minimum Gasteiger partial charge on any atom is -0.461 e. The molecule has 1 heterocycles. The second-order valence-electron chi connectivity index (χ2n) is 8.05. The lowest BCUT2D eigenvalue weighted by Gasteiger charge is -2.15. The summed E-state index contributed by atoms with van der Waals surface area (Å²) in [6, 6.07) is 7.91. The number of hydrogen-bond donors (Lipinski definition) is 2. The van der Waals surface area contributed by atoms with E-state index in [4.69, 9.17) is 9.47 Å². The first kappa shape index (κ1) is 24.2. The van der Waals surface area contributed by atoms with Crippen LogP contribution in [0.15, 0.2) is 24.3 Å². The highest BCUT2D eigenvalue weighted by molar-refractivity contribution is 5.99. The van der Waals surface area contributed by atoms with E-state index in [0.717, 1.165) is 12.0 Å². The summed E-state index contributed by atoms with van der Waals surface area (Å²) in [4.78, 5) is 39.6. The highest BCUT2D eigenvalue weighted by Gasteiger charge is 2.24. The van der Waals surface area contributed by atoms with Crippen molar-refractivity contribution in [1.82, 2.24) is 10.3 Å². The minimum atomic E-state index is -0.664. The number of aryl methyl sites for hydroxylation is 1. The van der Waals surface area contributed by atoms with Crippen LogP contribution >= 0.6 is 0 Å². The first-order valence-electron chi connectivity index (χ1n) is 10.6. The topological polar surface area (TPSA) is 97.5 Å². The first-order chi connectivity index (χ1) is 14.6. The van der Waals surface area contributed by atoms with Crippen molar-refractivity contribution in [2.24, 2.45) is 5.92 Å². The van der Waals surface area contributed by atoms with E-state index in [2.05, 4.69) is 36.3 Å². The van der Waals surface area contributed by atoms with Crippen LogP contribution < -0.4 is 5.32 Å². The van der Waals surface area contributed by atoms with Crippen molar-refractivity contribution < 1.29 is 23.9 Å². The molecule has 0 saturated heterocycles. The van der Waals surface area contributed by atoms with E-state index in [9.17, 15) is 14.4 Å². The zero-order chi connectivity index (χ0) is 23.1. The molecular formula is C24H32N2O5. The van der Waals surface area contributed by atoms with E-state index in [-0.39, 0.29) is 23.9 Å². The lowest BCUT2D eigenvalue weighted by atomic mass is 10.00. The first-order valence-corrected chi connectivity index (χ1v) is 10.6. The third-order valence-corrected chi connectivity index (χ3v) is 4.96. The van der Waals surface area contributed by atoms with Gasteiger partial charge in [0.2, 0.25) is 0 Å². The van der Waals surface area contributed by atoms with E-state index in [1.165, 1.54) is 5.56 Å². The molecule has 7 nitrogen and oxygen atoms in total. The summed E-state index contributed by atoms with van der Waals surface area (Å²) < 4.78 is 10.2. The predicted molar refractivity (Wildman–Crippen MR) is 118 cm³/mol. The van der Waals surface area contributed by atoms with Gasteiger partial charge in [0.15, 0.2) is 6.61 Å². The van der Waals surface area contributed by atoms with Gasteiger partial charge >= 0.3 is 11.9 Å². The Labute approximate surface area is 183 Å². The summed E-state index contributed by atoms with van der Waals surface area (Å²) in [6.07, 6.45) is 1.01. The van der Waals surface area contributed by atoms with Crippen LogP contribution in [-0.2, 0) is 20.7 Å². The van der Waals surface area contributed by atoms with Gasteiger partial charge in [0.05, 0.1) is 18.2 Å². The van der Waals surface area contributed by atoms with Crippen LogP contribution in [-0.4, -0.2) is 36.0 Å². The van der Waals surface area contributed by atoms with Crippen LogP contribution in [0.5, 0.6) is 0 Å². The minimum absolute atomic E-state index is 0.213. The molecule has 2 aromatic rings. The number of aromatic amines is 1. The number of carbonyl (C=O) groups excluding carboxylic acids is 3. The van der Waals surface area contributed by atoms with Gasteiger partial charge in [-0.1, -0.05) is 38.1 Å². The van der Waals surface area contributed by atoms with Crippen molar-refractivity contribution in [2.75, 3.05) is 13.2 Å². The van der Waals surface area contributed by atoms with Crippen LogP contribution in [0.2, 0.25) is 0 Å². The molecule has 0 spiro atoms. The molecule has 0 unspecified atom stereocenters. The summed E-state index contributed by atoms with van der Waals surface area (Å²) in [5, 5.41) is 2.83. The number of carbonyl (C=O) groups is 3. The lowest BCUT2D eigenvalue weighted by molar-refractivity contribution is -0.124. The Morgan fingerprint density at radius 1 is 1.00 bits per heavy atom. The van der Waals surface area contributed by atoms with Crippen molar-refractivity contribution in [2.45, 2.75) is 54.0 Å². The van der Waals surface area contributed by atoms with Gasteiger partial charge in [-0.3, -0.25) is 4.79 Å². The Morgan fingerprint density at radius 2 is 1.65 bits per heavy atom. The summed E-state index contributed by atoms with van der Waals surface area (Å²) in [5.41, 5.74) is 3.61. The molecule has 0 fully saturated rings.